The first-order valence-corrected chi connectivity index (χ1v) is 4.88. The van der Waals surface area contributed by atoms with Crippen LogP contribution in [0.1, 0.15) is 45.4 Å². The van der Waals surface area contributed by atoms with E-state index in [1.165, 1.54) is 25.7 Å². The predicted octanol–water partition coefficient (Wildman–Crippen LogP) is 1.91. The number of carbonyl (C=O) groups excluding carboxylic acids is 1. The van der Waals surface area contributed by atoms with E-state index in [0.29, 0.717) is 18.8 Å². The van der Waals surface area contributed by atoms with E-state index in [-0.39, 0.29) is 5.78 Å². The lowest BCUT2D eigenvalue weighted by Gasteiger charge is -2.08. The molecular formula is C10H18O2. The highest BCUT2D eigenvalue weighted by Crippen LogP contribution is 2.27. The fourth-order valence-corrected chi connectivity index (χ4v) is 1.95. The molecule has 0 saturated heterocycles. The van der Waals surface area contributed by atoms with Gasteiger partial charge in [0.15, 0.2) is 0 Å². The van der Waals surface area contributed by atoms with Crippen molar-refractivity contribution in [1.82, 2.24) is 0 Å². The van der Waals surface area contributed by atoms with Crippen LogP contribution in [-0.4, -0.2) is 17.0 Å². The van der Waals surface area contributed by atoms with Crippen LogP contribution < -0.4 is 0 Å². The summed E-state index contributed by atoms with van der Waals surface area (Å²) in [7, 11) is 0. The first-order valence-electron chi connectivity index (χ1n) is 4.88. The average Bonchev–Trinajstić information content (AvgIpc) is 2.37. The van der Waals surface area contributed by atoms with Crippen LogP contribution >= 0.6 is 0 Å². The topological polar surface area (TPSA) is 37.3 Å². The van der Waals surface area contributed by atoms with Crippen LogP contribution in [0.2, 0.25) is 0 Å². The van der Waals surface area contributed by atoms with Crippen molar-refractivity contribution in [3.63, 3.8) is 0 Å². The third kappa shape index (κ3) is 3.35. The molecule has 0 unspecified atom stereocenters. The second-order valence-electron chi connectivity index (χ2n) is 3.95. The van der Waals surface area contributed by atoms with Crippen LogP contribution in [0.15, 0.2) is 0 Å². The van der Waals surface area contributed by atoms with Crippen molar-refractivity contribution in [3.05, 3.63) is 0 Å². The van der Waals surface area contributed by atoms with Crippen LogP contribution in [0.5, 0.6) is 0 Å². The Morgan fingerprint density at radius 1 is 1.50 bits per heavy atom. The van der Waals surface area contributed by atoms with E-state index in [2.05, 4.69) is 0 Å². The molecule has 1 fully saturated rings. The molecule has 12 heavy (non-hydrogen) atoms. The third-order valence-electron chi connectivity index (χ3n) is 2.51. The lowest BCUT2D eigenvalue weighted by Crippen LogP contribution is -2.12. The Morgan fingerprint density at radius 3 is 2.58 bits per heavy atom. The molecule has 1 aliphatic carbocycles. The lowest BCUT2D eigenvalue weighted by atomic mass is 9.98. The molecule has 0 radical (unpaired) electrons. The molecule has 70 valence electrons. The maximum atomic E-state index is 11.2. The number of hydrogen-bond donors (Lipinski definition) is 1. The van der Waals surface area contributed by atoms with E-state index in [1.54, 1.807) is 6.92 Å². The molecule has 2 nitrogen and oxygen atoms in total. The third-order valence-corrected chi connectivity index (χ3v) is 2.51. The summed E-state index contributed by atoms with van der Waals surface area (Å²) in [4.78, 5) is 11.2. The van der Waals surface area contributed by atoms with Gasteiger partial charge < -0.3 is 5.11 Å². The molecule has 0 heterocycles. The second-order valence-corrected chi connectivity index (χ2v) is 3.95. The fraction of sp³-hybridized carbons (Fsp3) is 0.900. The van der Waals surface area contributed by atoms with Crippen LogP contribution in [0.3, 0.4) is 0 Å². The van der Waals surface area contributed by atoms with Crippen molar-refractivity contribution in [2.75, 3.05) is 0 Å². The molecule has 0 aromatic carbocycles. The molecule has 1 atom stereocenters. The molecule has 1 rings (SSSR count). The van der Waals surface area contributed by atoms with E-state index in [4.69, 9.17) is 5.11 Å². The molecule has 1 saturated carbocycles. The number of aliphatic hydroxyl groups is 1. The number of rotatable bonds is 4. The molecular weight excluding hydrogens is 152 g/mol. The fourth-order valence-electron chi connectivity index (χ4n) is 1.95. The molecule has 0 spiro atoms. The molecule has 1 aliphatic rings. The smallest absolute Gasteiger partial charge is 0.135 e. The molecule has 0 aliphatic heterocycles. The van der Waals surface area contributed by atoms with E-state index in [9.17, 15) is 4.79 Å². The first-order chi connectivity index (χ1) is 5.68. The molecule has 1 N–H and O–H groups in total. The Bertz CT molecular complexity index is 146. The number of hydrogen-bond acceptors (Lipinski definition) is 2. The van der Waals surface area contributed by atoms with Gasteiger partial charge in [-0.25, -0.2) is 0 Å². The normalized spacial score (nSPS) is 21.2. The highest BCUT2D eigenvalue weighted by Gasteiger charge is 2.18. The second kappa shape index (κ2) is 4.61. The van der Waals surface area contributed by atoms with Gasteiger partial charge in [0.2, 0.25) is 0 Å². The van der Waals surface area contributed by atoms with E-state index < -0.39 is 6.10 Å². The summed E-state index contributed by atoms with van der Waals surface area (Å²) in [6.45, 7) is 1.67. The summed E-state index contributed by atoms with van der Waals surface area (Å²) in [6.07, 6.45) is 5.58. The van der Waals surface area contributed by atoms with Crippen molar-refractivity contribution >= 4 is 5.78 Å². The quantitative estimate of drug-likeness (QED) is 0.699. The highest BCUT2D eigenvalue weighted by atomic mass is 16.3. The van der Waals surface area contributed by atoms with Gasteiger partial charge >= 0.3 is 0 Å². The minimum Gasteiger partial charge on any atom is -0.393 e. The van der Waals surface area contributed by atoms with Gasteiger partial charge in [-0.05, 0) is 12.8 Å². The van der Waals surface area contributed by atoms with Gasteiger partial charge in [-0.1, -0.05) is 25.7 Å². The SMILES string of the molecule is C[C@@H](O)CC(=O)CC1CCCC1. The standard InChI is InChI=1S/C10H18O2/c1-8(11)6-10(12)7-9-4-2-3-5-9/h8-9,11H,2-7H2,1H3/t8-/m1/s1. The highest BCUT2D eigenvalue weighted by molar-refractivity contribution is 5.79. The number of Topliss-reactive ketones (excluding diaryl/α,β-unsaturated/α-hetero) is 1. The van der Waals surface area contributed by atoms with Crippen molar-refractivity contribution in [1.29, 1.82) is 0 Å². The zero-order valence-corrected chi connectivity index (χ0v) is 7.75. The predicted molar refractivity (Wildman–Crippen MR) is 47.9 cm³/mol. The van der Waals surface area contributed by atoms with Crippen molar-refractivity contribution in [3.8, 4) is 0 Å². The van der Waals surface area contributed by atoms with Crippen LogP contribution in [0.4, 0.5) is 0 Å². The zero-order valence-electron chi connectivity index (χ0n) is 7.75. The molecule has 0 aromatic heterocycles. The summed E-state index contributed by atoms with van der Waals surface area (Å²) in [5, 5.41) is 8.98. The number of ketones is 1. The Balaban J connectivity index is 2.16. The first kappa shape index (κ1) is 9.72. The zero-order chi connectivity index (χ0) is 8.97. The maximum absolute atomic E-state index is 11.2. The van der Waals surface area contributed by atoms with Gasteiger partial charge in [0.05, 0.1) is 6.10 Å². The van der Waals surface area contributed by atoms with Gasteiger partial charge in [0.1, 0.15) is 5.78 Å². The van der Waals surface area contributed by atoms with Crippen molar-refractivity contribution < 1.29 is 9.90 Å². The van der Waals surface area contributed by atoms with E-state index >= 15 is 0 Å². The monoisotopic (exact) mass is 170 g/mol. The Morgan fingerprint density at radius 2 is 2.08 bits per heavy atom. The summed E-state index contributed by atoms with van der Waals surface area (Å²) in [5.41, 5.74) is 0. The van der Waals surface area contributed by atoms with Gasteiger partial charge in [0.25, 0.3) is 0 Å². The number of aliphatic hydroxyl groups excluding tert-OH is 1. The minimum atomic E-state index is -0.459. The molecule has 0 aromatic rings. The maximum Gasteiger partial charge on any atom is 0.135 e. The van der Waals surface area contributed by atoms with Crippen LogP contribution in [-0.2, 0) is 4.79 Å². The van der Waals surface area contributed by atoms with Gasteiger partial charge in [-0.3, -0.25) is 4.79 Å². The van der Waals surface area contributed by atoms with Crippen molar-refractivity contribution in [2.24, 2.45) is 5.92 Å². The Hall–Kier alpha value is -0.370. The Kier molecular flexibility index (Phi) is 3.73. The Labute approximate surface area is 74.0 Å². The van der Waals surface area contributed by atoms with Crippen molar-refractivity contribution in [2.45, 2.75) is 51.6 Å². The van der Waals surface area contributed by atoms with Gasteiger partial charge in [-0.15, -0.1) is 0 Å². The van der Waals surface area contributed by atoms with Gasteiger partial charge in [0, 0.05) is 12.8 Å². The molecule has 0 bridgehead atoms. The largest absolute Gasteiger partial charge is 0.393 e. The summed E-state index contributed by atoms with van der Waals surface area (Å²) in [6, 6.07) is 0. The van der Waals surface area contributed by atoms with Crippen LogP contribution in [0.25, 0.3) is 0 Å². The van der Waals surface area contributed by atoms with Gasteiger partial charge in [-0.2, -0.15) is 0 Å². The van der Waals surface area contributed by atoms with Crippen LogP contribution in [0, 0.1) is 5.92 Å². The lowest BCUT2D eigenvalue weighted by molar-refractivity contribution is -0.121. The summed E-state index contributed by atoms with van der Waals surface area (Å²) >= 11 is 0. The summed E-state index contributed by atoms with van der Waals surface area (Å²) in [5.74, 6) is 0.855. The number of carbonyl (C=O) groups is 1. The average molecular weight is 170 g/mol. The summed E-state index contributed by atoms with van der Waals surface area (Å²) < 4.78 is 0. The van der Waals surface area contributed by atoms with E-state index in [0.717, 1.165) is 0 Å². The van der Waals surface area contributed by atoms with E-state index in [1.807, 2.05) is 0 Å². The molecule has 2 heteroatoms. The minimum absolute atomic E-state index is 0.233. The molecule has 0 amide bonds.